The largest absolute Gasteiger partial charge is 0.375 e. The molecule has 1 aromatic carbocycles. The number of aromatic amines is 1. The molecule has 1 aromatic heterocycles. The molecule has 0 bridgehead atoms. The molecule has 2 aliphatic heterocycles. The van der Waals surface area contributed by atoms with E-state index in [1.807, 2.05) is 11.1 Å². The van der Waals surface area contributed by atoms with Crippen LogP contribution in [0.2, 0.25) is 0 Å². The van der Waals surface area contributed by atoms with Gasteiger partial charge in [-0.25, -0.2) is 0 Å². The van der Waals surface area contributed by atoms with Crippen molar-refractivity contribution in [1.29, 1.82) is 0 Å². The molecule has 6 heteroatoms. The SMILES string of the molecule is Cc1ccccc1-c1cn[nH]c1C1CCN(C(=O)CC2CNCCO2)CC1. The Hall–Kier alpha value is -2.18. The third-order valence-electron chi connectivity index (χ3n) is 5.77. The lowest BCUT2D eigenvalue weighted by Crippen LogP contribution is -2.44. The lowest BCUT2D eigenvalue weighted by atomic mass is 9.88. The molecule has 0 saturated carbocycles. The van der Waals surface area contributed by atoms with Gasteiger partial charge >= 0.3 is 0 Å². The van der Waals surface area contributed by atoms with Crippen LogP contribution in [0, 0.1) is 6.92 Å². The van der Waals surface area contributed by atoms with Crippen molar-refractivity contribution in [2.45, 2.75) is 38.2 Å². The first kappa shape index (κ1) is 18.2. The number of hydrogen-bond acceptors (Lipinski definition) is 4. The van der Waals surface area contributed by atoms with E-state index in [1.54, 1.807) is 0 Å². The summed E-state index contributed by atoms with van der Waals surface area (Å²) in [6, 6.07) is 8.42. The van der Waals surface area contributed by atoms with Gasteiger partial charge in [0.15, 0.2) is 0 Å². The van der Waals surface area contributed by atoms with Crippen molar-refractivity contribution in [1.82, 2.24) is 20.4 Å². The number of benzene rings is 1. The van der Waals surface area contributed by atoms with Gasteiger partial charge in [0.2, 0.25) is 5.91 Å². The lowest BCUT2D eigenvalue weighted by molar-refractivity contribution is -0.135. The summed E-state index contributed by atoms with van der Waals surface area (Å²) in [5, 5.41) is 10.8. The van der Waals surface area contributed by atoms with Gasteiger partial charge in [-0.05, 0) is 30.9 Å². The fourth-order valence-electron chi connectivity index (χ4n) is 4.19. The van der Waals surface area contributed by atoms with E-state index in [0.29, 0.717) is 18.9 Å². The maximum atomic E-state index is 12.6. The van der Waals surface area contributed by atoms with Crippen LogP contribution in [0.25, 0.3) is 11.1 Å². The van der Waals surface area contributed by atoms with Crippen LogP contribution in [-0.2, 0) is 9.53 Å². The molecule has 144 valence electrons. The third-order valence-corrected chi connectivity index (χ3v) is 5.77. The Morgan fingerprint density at radius 2 is 2.07 bits per heavy atom. The fourth-order valence-corrected chi connectivity index (χ4v) is 4.19. The van der Waals surface area contributed by atoms with E-state index >= 15 is 0 Å². The second-order valence-electron chi connectivity index (χ2n) is 7.57. The first-order valence-electron chi connectivity index (χ1n) is 9.91. The molecule has 1 unspecified atom stereocenters. The van der Waals surface area contributed by atoms with Crippen molar-refractivity contribution in [2.75, 3.05) is 32.8 Å². The molecule has 0 radical (unpaired) electrons. The Labute approximate surface area is 160 Å². The first-order valence-corrected chi connectivity index (χ1v) is 9.91. The molecule has 27 heavy (non-hydrogen) atoms. The number of carbonyl (C=O) groups is 1. The van der Waals surface area contributed by atoms with Gasteiger partial charge in [-0.15, -0.1) is 0 Å². The van der Waals surface area contributed by atoms with Crippen molar-refractivity contribution < 1.29 is 9.53 Å². The number of nitrogens with one attached hydrogen (secondary N) is 2. The van der Waals surface area contributed by atoms with Crippen LogP contribution in [-0.4, -0.2) is 59.9 Å². The quantitative estimate of drug-likeness (QED) is 0.870. The molecule has 4 rings (SSSR count). The molecule has 2 fully saturated rings. The number of morpholine rings is 1. The minimum Gasteiger partial charge on any atom is -0.375 e. The van der Waals surface area contributed by atoms with E-state index in [0.717, 1.165) is 39.0 Å². The maximum absolute atomic E-state index is 12.6. The number of likely N-dealkylation sites (tertiary alicyclic amines) is 1. The number of aromatic nitrogens is 2. The number of hydrogen-bond donors (Lipinski definition) is 2. The highest BCUT2D eigenvalue weighted by Crippen LogP contribution is 2.35. The van der Waals surface area contributed by atoms with Gasteiger partial charge in [-0.2, -0.15) is 5.10 Å². The fraction of sp³-hybridized carbons (Fsp3) is 0.524. The number of ether oxygens (including phenoxy) is 1. The second kappa shape index (κ2) is 8.23. The standard InChI is InChI=1S/C21H28N4O2/c1-15-4-2-3-5-18(15)19-14-23-24-21(19)16-6-9-25(10-7-16)20(26)12-17-13-22-8-11-27-17/h2-5,14,16-17,22H,6-13H2,1H3,(H,23,24). The van der Waals surface area contributed by atoms with Crippen LogP contribution >= 0.6 is 0 Å². The third kappa shape index (κ3) is 4.06. The molecule has 1 amide bonds. The van der Waals surface area contributed by atoms with E-state index in [-0.39, 0.29) is 12.0 Å². The average Bonchev–Trinajstić information content (AvgIpc) is 3.19. The minimum absolute atomic E-state index is 0.0178. The van der Waals surface area contributed by atoms with Gasteiger partial charge in [0.05, 0.1) is 25.3 Å². The summed E-state index contributed by atoms with van der Waals surface area (Å²) < 4.78 is 5.67. The summed E-state index contributed by atoms with van der Waals surface area (Å²) in [6.07, 6.45) is 4.37. The Kier molecular flexibility index (Phi) is 5.55. The van der Waals surface area contributed by atoms with Gasteiger partial charge in [0.1, 0.15) is 0 Å². The minimum atomic E-state index is 0.0178. The van der Waals surface area contributed by atoms with E-state index in [9.17, 15) is 4.79 Å². The second-order valence-corrected chi connectivity index (χ2v) is 7.57. The Bertz CT molecular complexity index is 774. The maximum Gasteiger partial charge on any atom is 0.225 e. The van der Waals surface area contributed by atoms with Gasteiger partial charge in [0, 0.05) is 43.4 Å². The van der Waals surface area contributed by atoms with Crippen LogP contribution in [0.3, 0.4) is 0 Å². The Balaban J connectivity index is 1.38. The summed E-state index contributed by atoms with van der Waals surface area (Å²) in [5.74, 6) is 0.629. The Morgan fingerprint density at radius 3 is 2.81 bits per heavy atom. The van der Waals surface area contributed by atoms with Crippen LogP contribution in [0.5, 0.6) is 0 Å². The molecular weight excluding hydrogens is 340 g/mol. The summed E-state index contributed by atoms with van der Waals surface area (Å²) in [4.78, 5) is 14.6. The molecule has 3 heterocycles. The zero-order valence-corrected chi connectivity index (χ0v) is 15.9. The van der Waals surface area contributed by atoms with Gasteiger partial charge < -0.3 is 15.0 Å². The smallest absolute Gasteiger partial charge is 0.225 e. The predicted octanol–water partition coefficient (Wildman–Crippen LogP) is 2.47. The van der Waals surface area contributed by atoms with Gasteiger partial charge in [0.25, 0.3) is 0 Å². The summed E-state index contributed by atoms with van der Waals surface area (Å²) in [7, 11) is 0. The molecule has 2 saturated heterocycles. The van der Waals surface area contributed by atoms with Gasteiger partial charge in [-0.3, -0.25) is 9.89 Å². The molecule has 2 aromatic rings. The highest BCUT2D eigenvalue weighted by Gasteiger charge is 2.28. The number of H-pyrrole nitrogens is 1. The Morgan fingerprint density at radius 1 is 1.26 bits per heavy atom. The summed E-state index contributed by atoms with van der Waals surface area (Å²) >= 11 is 0. The molecule has 1 atom stereocenters. The van der Waals surface area contributed by atoms with E-state index < -0.39 is 0 Å². The average molecular weight is 368 g/mol. The van der Waals surface area contributed by atoms with Crippen LogP contribution in [0.1, 0.15) is 36.4 Å². The van der Waals surface area contributed by atoms with Crippen molar-refractivity contribution in [2.24, 2.45) is 0 Å². The van der Waals surface area contributed by atoms with Crippen molar-refractivity contribution in [3.05, 3.63) is 41.7 Å². The molecule has 0 spiro atoms. The number of rotatable bonds is 4. The lowest BCUT2D eigenvalue weighted by Gasteiger charge is -2.33. The monoisotopic (exact) mass is 368 g/mol. The molecule has 0 aliphatic carbocycles. The van der Waals surface area contributed by atoms with E-state index in [1.165, 1.54) is 22.4 Å². The summed E-state index contributed by atoms with van der Waals surface area (Å²) in [5.41, 5.74) is 4.89. The zero-order chi connectivity index (χ0) is 18.6. The van der Waals surface area contributed by atoms with E-state index in [2.05, 4.69) is 46.7 Å². The normalized spacial score (nSPS) is 21.4. The number of amides is 1. The number of carbonyl (C=O) groups excluding carboxylic acids is 1. The summed E-state index contributed by atoms with van der Waals surface area (Å²) in [6.45, 7) is 6.09. The first-order chi connectivity index (χ1) is 13.2. The number of nitrogens with zero attached hydrogens (tertiary/aromatic N) is 2. The number of piperidine rings is 1. The molecule has 2 N–H and O–H groups in total. The number of aryl methyl sites for hydroxylation is 1. The van der Waals surface area contributed by atoms with Crippen LogP contribution < -0.4 is 5.32 Å². The predicted molar refractivity (Wildman–Crippen MR) is 105 cm³/mol. The molecule has 6 nitrogen and oxygen atoms in total. The highest BCUT2D eigenvalue weighted by molar-refractivity contribution is 5.77. The van der Waals surface area contributed by atoms with Crippen molar-refractivity contribution in [3.8, 4) is 11.1 Å². The van der Waals surface area contributed by atoms with Crippen molar-refractivity contribution in [3.63, 3.8) is 0 Å². The van der Waals surface area contributed by atoms with Gasteiger partial charge in [-0.1, -0.05) is 24.3 Å². The van der Waals surface area contributed by atoms with Crippen LogP contribution in [0.15, 0.2) is 30.5 Å². The highest BCUT2D eigenvalue weighted by atomic mass is 16.5. The van der Waals surface area contributed by atoms with Crippen molar-refractivity contribution >= 4 is 5.91 Å². The van der Waals surface area contributed by atoms with Crippen LogP contribution in [0.4, 0.5) is 0 Å². The topological polar surface area (TPSA) is 70.2 Å². The molecular formula is C21H28N4O2. The van der Waals surface area contributed by atoms with E-state index in [4.69, 9.17) is 4.74 Å². The zero-order valence-electron chi connectivity index (χ0n) is 15.9. The molecule has 2 aliphatic rings.